The number of methoxy groups -OCH3 is 2. The second-order valence-electron chi connectivity index (χ2n) is 6.48. The molecule has 0 fully saturated rings. The maximum Gasteiger partial charge on any atom is 0.175 e. The van der Waals surface area contributed by atoms with E-state index in [1.807, 2.05) is 23.1 Å². The molecule has 0 saturated carbocycles. The van der Waals surface area contributed by atoms with Crippen molar-refractivity contribution < 1.29 is 13.9 Å². The zero-order valence-electron chi connectivity index (χ0n) is 17.3. The number of hydrogen-bond acceptors (Lipinski definition) is 7. The van der Waals surface area contributed by atoms with Crippen LogP contribution in [0.1, 0.15) is 5.56 Å². The number of rotatable bonds is 7. The van der Waals surface area contributed by atoms with Gasteiger partial charge in [0, 0.05) is 12.7 Å². The third-order valence-electron chi connectivity index (χ3n) is 4.50. The first-order valence-corrected chi connectivity index (χ1v) is 10.2. The van der Waals surface area contributed by atoms with Gasteiger partial charge in [0.05, 0.1) is 19.1 Å². The Balaban J connectivity index is 1.95. The zero-order chi connectivity index (χ0) is 22.4. The molecule has 0 amide bonds. The number of halogens is 1. The lowest BCUT2D eigenvalue weighted by molar-refractivity contribution is 0.394. The summed E-state index contributed by atoms with van der Waals surface area (Å²) in [5, 5.41) is 0.623. The fraction of sp³-hybridized carbons (Fsp3) is 0.182. The molecule has 0 spiro atoms. The van der Waals surface area contributed by atoms with Crippen LogP contribution in [-0.2, 0) is 6.42 Å². The lowest BCUT2D eigenvalue weighted by Gasteiger charge is -2.21. The summed E-state index contributed by atoms with van der Waals surface area (Å²) in [6.07, 6.45) is 2.04. The molecule has 4 N–H and O–H groups in total. The first-order chi connectivity index (χ1) is 15.0. The molecule has 162 valence electrons. The van der Waals surface area contributed by atoms with Crippen LogP contribution in [0.5, 0.6) is 11.5 Å². The van der Waals surface area contributed by atoms with Gasteiger partial charge in [-0.2, -0.15) is 0 Å². The standard InChI is InChI=1S/C22H24FN5O2S/c1-4-26-21-19(20(24)25)27-22(28(21)12-11-14-5-7-15(23)8-6-14)31-18-13-16(29-2)9-10-17(18)30-3/h4-10,13H,1,11-12,24-25H2,2-3H3/b26-21+. The molecule has 7 nitrogen and oxygen atoms in total. The Morgan fingerprint density at radius 3 is 2.55 bits per heavy atom. The number of benzene rings is 2. The summed E-state index contributed by atoms with van der Waals surface area (Å²) in [7, 11) is 3.20. The van der Waals surface area contributed by atoms with Gasteiger partial charge in [-0.25, -0.2) is 14.4 Å². The van der Waals surface area contributed by atoms with Gasteiger partial charge in [-0.3, -0.25) is 0 Å². The van der Waals surface area contributed by atoms with Crippen molar-refractivity contribution in [2.75, 3.05) is 20.8 Å². The van der Waals surface area contributed by atoms with Gasteiger partial charge in [-0.1, -0.05) is 18.7 Å². The van der Waals surface area contributed by atoms with E-state index < -0.39 is 0 Å². The van der Waals surface area contributed by atoms with Gasteiger partial charge in [-0.05, 0) is 54.1 Å². The Morgan fingerprint density at radius 2 is 1.94 bits per heavy atom. The van der Waals surface area contributed by atoms with Crippen molar-refractivity contribution in [2.45, 2.75) is 11.3 Å². The van der Waals surface area contributed by atoms with Crippen molar-refractivity contribution >= 4 is 22.8 Å². The minimum Gasteiger partial charge on any atom is -0.497 e. The van der Waals surface area contributed by atoms with E-state index in [0.717, 1.165) is 10.5 Å². The predicted molar refractivity (Wildman–Crippen MR) is 123 cm³/mol. The molecular weight excluding hydrogens is 417 g/mol. The van der Waals surface area contributed by atoms with E-state index in [0.29, 0.717) is 41.2 Å². The molecule has 0 bridgehead atoms. The van der Waals surface area contributed by atoms with Crippen LogP contribution in [0.2, 0.25) is 0 Å². The highest BCUT2D eigenvalue weighted by atomic mass is 32.2. The molecule has 0 aliphatic carbocycles. The molecule has 0 atom stereocenters. The molecule has 0 unspecified atom stereocenters. The smallest absolute Gasteiger partial charge is 0.175 e. The normalized spacial score (nSPS) is 14.5. The molecule has 1 heterocycles. The Bertz CT molecular complexity index is 1050. The van der Waals surface area contributed by atoms with Gasteiger partial charge < -0.3 is 25.8 Å². The largest absolute Gasteiger partial charge is 0.497 e. The number of ether oxygens (including phenoxy) is 2. The van der Waals surface area contributed by atoms with Gasteiger partial charge in [0.2, 0.25) is 0 Å². The van der Waals surface area contributed by atoms with E-state index in [1.54, 1.807) is 26.4 Å². The lowest BCUT2D eigenvalue weighted by Crippen LogP contribution is -2.33. The van der Waals surface area contributed by atoms with Crippen LogP contribution >= 0.6 is 11.8 Å². The maximum absolute atomic E-state index is 13.2. The molecule has 2 aromatic rings. The Labute approximate surface area is 184 Å². The number of aliphatic imine (C=N–C) groups is 2. The van der Waals surface area contributed by atoms with Crippen molar-refractivity contribution in [2.24, 2.45) is 21.5 Å². The van der Waals surface area contributed by atoms with E-state index >= 15 is 0 Å². The maximum atomic E-state index is 13.2. The monoisotopic (exact) mass is 441 g/mol. The Morgan fingerprint density at radius 1 is 1.19 bits per heavy atom. The fourth-order valence-electron chi connectivity index (χ4n) is 2.97. The van der Waals surface area contributed by atoms with Crippen molar-refractivity contribution in [3.05, 3.63) is 78.1 Å². The van der Waals surface area contributed by atoms with E-state index in [4.69, 9.17) is 20.9 Å². The number of nitrogens with zero attached hydrogens (tertiary/aromatic N) is 3. The van der Waals surface area contributed by atoms with Crippen LogP contribution in [0.15, 0.2) is 81.6 Å². The number of nitrogens with two attached hydrogens (primary N) is 2. The summed E-state index contributed by atoms with van der Waals surface area (Å²) >= 11 is 1.38. The molecule has 2 aromatic carbocycles. The van der Waals surface area contributed by atoms with Crippen molar-refractivity contribution in [3.8, 4) is 11.5 Å². The molecular formula is C22H24FN5O2S. The summed E-state index contributed by atoms with van der Waals surface area (Å²) in [6.45, 7) is 4.21. The van der Waals surface area contributed by atoms with Gasteiger partial charge >= 0.3 is 0 Å². The molecule has 3 rings (SSSR count). The SMILES string of the molecule is C=C/N=C1\C(=C(N)N)N=C(Sc2cc(OC)ccc2OC)N1CCc1ccc(F)cc1. The fourth-order valence-corrected chi connectivity index (χ4v) is 4.02. The summed E-state index contributed by atoms with van der Waals surface area (Å²) < 4.78 is 24.1. The predicted octanol–water partition coefficient (Wildman–Crippen LogP) is 3.48. The van der Waals surface area contributed by atoms with Crippen LogP contribution in [0.4, 0.5) is 4.39 Å². The quantitative estimate of drug-likeness (QED) is 0.683. The van der Waals surface area contributed by atoms with E-state index in [1.165, 1.54) is 30.1 Å². The molecule has 0 aromatic heterocycles. The van der Waals surface area contributed by atoms with Crippen LogP contribution in [-0.4, -0.2) is 36.7 Å². The number of hydrogen-bond donors (Lipinski definition) is 2. The molecule has 9 heteroatoms. The first-order valence-electron chi connectivity index (χ1n) is 9.41. The van der Waals surface area contributed by atoms with Crippen LogP contribution < -0.4 is 20.9 Å². The second-order valence-corrected chi connectivity index (χ2v) is 7.49. The average molecular weight is 442 g/mol. The third-order valence-corrected chi connectivity index (χ3v) is 5.54. The average Bonchev–Trinajstić information content (AvgIpc) is 3.10. The lowest BCUT2D eigenvalue weighted by atomic mass is 10.1. The minimum atomic E-state index is -0.275. The summed E-state index contributed by atoms with van der Waals surface area (Å²) in [5.74, 6) is 1.64. The van der Waals surface area contributed by atoms with Gasteiger partial charge in [0.15, 0.2) is 11.0 Å². The summed E-state index contributed by atoms with van der Waals surface area (Å²) in [5.41, 5.74) is 13.1. The number of amidine groups is 2. The highest BCUT2D eigenvalue weighted by Crippen LogP contribution is 2.37. The van der Waals surface area contributed by atoms with E-state index in [2.05, 4.69) is 16.6 Å². The molecule has 1 aliphatic rings. The molecule has 31 heavy (non-hydrogen) atoms. The highest BCUT2D eigenvalue weighted by Gasteiger charge is 2.31. The molecule has 0 saturated heterocycles. The van der Waals surface area contributed by atoms with Gasteiger partial charge in [-0.15, -0.1) is 0 Å². The summed E-state index contributed by atoms with van der Waals surface area (Å²) in [6, 6.07) is 11.9. The Hall–Kier alpha value is -3.46. The minimum absolute atomic E-state index is 0.0561. The van der Waals surface area contributed by atoms with Crippen LogP contribution in [0.25, 0.3) is 0 Å². The molecule has 1 aliphatic heterocycles. The highest BCUT2D eigenvalue weighted by molar-refractivity contribution is 8.14. The topological polar surface area (TPSA) is 98.5 Å². The first kappa shape index (κ1) is 22.2. The number of thioether (sulfide) groups is 1. The second kappa shape index (κ2) is 10.0. The van der Waals surface area contributed by atoms with Crippen LogP contribution in [0, 0.1) is 5.82 Å². The van der Waals surface area contributed by atoms with Gasteiger partial charge in [0.1, 0.15) is 28.8 Å². The van der Waals surface area contributed by atoms with Crippen molar-refractivity contribution in [1.29, 1.82) is 0 Å². The molecule has 0 radical (unpaired) electrons. The van der Waals surface area contributed by atoms with Crippen molar-refractivity contribution in [1.82, 2.24) is 4.90 Å². The van der Waals surface area contributed by atoms with Crippen LogP contribution in [0.3, 0.4) is 0 Å². The van der Waals surface area contributed by atoms with E-state index in [-0.39, 0.29) is 11.6 Å². The van der Waals surface area contributed by atoms with Gasteiger partial charge in [0.25, 0.3) is 0 Å². The summed E-state index contributed by atoms with van der Waals surface area (Å²) in [4.78, 5) is 11.7. The zero-order valence-corrected chi connectivity index (χ0v) is 18.2. The van der Waals surface area contributed by atoms with Crippen molar-refractivity contribution in [3.63, 3.8) is 0 Å². The van der Waals surface area contributed by atoms with E-state index in [9.17, 15) is 4.39 Å². The third kappa shape index (κ3) is 5.18. The Kier molecular flexibility index (Phi) is 7.19.